The van der Waals surface area contributed by atoms with Crippen LogP contribution in [-0.4, -0.2) is 35.4 Å². The highest BCUT2D eigenvalue weighted by Crippen LogP contribution is 2.23. The number of imidazole rings is 1. The zero-order valence-electron chi connectivity index (χ0n) is 15.0. The van der Waals surface area contributed by atoms with Crippen molar-refractivity contribution in [3.8, 4) is 22.6 Å². The van der Waals surface area contributed by atoms with E-state index in [4.69, 9.17) is 11.1 Å². The van der Waals surface area contributed by atoms with Crippen LogP contribution in [0.2, 0.25) is 0 Å². The maximum absolute atomic E-state index is 11.1. The molecule has 0 saturated heterocycles. The van der Waals surface area contributed by atoms with Crippen LogP contribution in [0.5, 0.6) is 0 Å². The minimum atomic E-state index is -0.237. The SMILES string of the molecule is COC(=O)CCNc1ccc(-c2nc(-c3ccc(C(=N)N)cc3)c[nH]2)cc1. The Morgan fingerprint density at radius 3 is 2.44 bits per heavy atom. The van der Waals surface area contributed by atoms with Gasteiger partial charge in [-0.25, -0.2) is 4.98 Å². The standard InChI is InChI=1S/C20H21N5O2/c1-27-18(26)10-11-23-16-8-6-15(7-9-16)20-24-12-17(25-20)13-2-4-14(5-3-13)19(21)22/h2-9,12,23H,10-11H2,1H3,(H3,21,22)(H,24,25). The van der Waals surface area contributed by atoms with Crippen molar-refractivity contribution in [3.05, 3.63) is 60.3 Å². The number of carbonyl (C=O) groups excluding carboxylic acids is 1. The Morgan fingerprint density at radius 2 is 1.81 bits per heavy atom. The molecule has 0 unspecified atom stereocenters. The van der Waals surface area contributed by atoms with E-state index < -0.39 is 0 Å². The first-order chi connectivity index (χ1) is 13.1. The second-order valence-corrected chi connectivity index (χ2v) is 5.96. The highest BCUT2D eigenvalue weighted by molar-refractivity contribution is 5.95. The number of rotatable bonds is 7. The van der Waals surface area contributed by atoms with Gasteiger partial charge in [0.25, 0.3) is 0 Å². The molecular weight excluding hydrogens is 342 g/mol. The zero-order chi connectivity index (χ0) is 19.2. The summed E-state index contributed by atoms with van der Waals surface area (Å²) < 4.78 is 4.61. The molecule has 0 saturated carbocycles. The van der Waals surface area contributed by atoms with Gasteiger partial charge >= 0.3 is 5.97 Å². The third-order valence-corrected chi connectivity index (χ3v) is 4.11. The summed E-state index contributed by atoms with van der Waals surface area (Å²) >= 11 is 0. The topological polar surface area (TPSA) is 117 Å². The van der Waals surface area contributed by atoms with E-state index >= 15 is 0 Å². The van der Waals surface area contributed by atoms with E-state index in [-0.39, 0.29) is 11.8 Å². The monoisotopic (exact) mass is 363 g/mol. The molecule has 1 heterocycles. The normalized spacial score (nSPS) is 10.4. The number of ether oxygens (including phenoxy) is 1. The van der Waals surface area contributed by atoms with Crippen molar-refractivity contribution in [2.24, 2.45) is 5.73 Å². The summed E-state index contributed by atoms with van der Waals surface area (Å²) in [6.45, 7) is 0.521. The van der Waals surface area contributed by atoms with Gasteiger partial charge in [0.15, 0.2) is 0 Å². The summed E-state index contributed by atoms with van der Waals surface area (Å²) in [6.07, 6.45) is 2.17. The van der Waals surface area contributed by atoms with Gasteiger partial charge in [0.1, 0.15) is 11.7 Å². The van der Waals surface area contributed by atoms with Gasteiger partial charge in [-0.15, -0.1) is 0 Å². The van der Waals surface area contributed by atoms with E-state index in [2.05, 4.69) is 20.0 Å². The number of benzene rings is 2. The molecule has 0 atom stereocenters. The van der Waals surface area contributed by atoms with Crippen LogP contribution in [0.4, 0.5) is 5.69 Å². The number of hydrogen-bond donors (Lipinski definition) is 4. The Balaban J connectivity index is 1.67. The summed E-state index contributed by atoms with van der Waals surface area (Å²) in [4.78, 5) is 18.9. The van der Waals surface area contributed by atoms with Gasteiger partial charge in [0, 0.05) is 35.1 Å². The average molecular weight is 363 g/mol. The van der Waals surface area contributed by atoms with Gasteiger partial charge in [0.2, 0.25) is 0 Å². The van der Waals surface area contributed by atoms with Gasteiger partial charge < -0.3 is 20.8 Å². The second kappa shape index (κ2) is 8.18. The fraction of sp³-hybridized carbons (Fsp3) is 0.150. The van der Waals surface area contributed by atoms with Gasteiger partial charge in [-0.1, -0.05) is 24.3 Å². The van der Waals surface area contributed by atoms with Crippen LogP contribution in [-0.2, 0) is 9.53 Å². The molecule has 0 spiro atoms. The molecule has 3 aromatic rings. The van der Waals surface area contributed by atoms with Gasteiger partial charge in [-0.2, -0.15) is 0 Å². The van der Waals surface area contributed by atoms with Crippen molar-refractivity contribution < 1.29 is 9.53 Å². The van der Waals surface area contributed by atoms with Crippen LogP contribution < -0.4 is 11.1 Å². The minimum Gasteiger partial charge on any atom is -0.469 e. The number of aromatic amines is 1. The summed E-state index contributed by atoms with van der Waals surface area (Å²) in [5.41, 5.74) is 9.82. The molecule has 2 aromatic carbocycles. The quantitative estimate of drug-likeness (QED) is 0.292. The summed E-state index contributed by atoms with van der Waals surface area (Å²) in [7, 11) is 1.38. The van der Waals surface area contributed by atoms with Gasteiger partial charge in [0.05, 0.1) is 19.2 Å². The molecule has 0 aliphatic rings. The summed E-state index contributed by atoms with van der Waals surface area (Å²) in [5.74, 6) is 0.574. The fourth-order valence-electron chi connectivity index (χ4n) is 2.59. The van der Waals surface area contributed by atoms with Crippen LogP contribution in [0.15, 0.2) is 54.7 Å². The van der Waals surface area contributed by atoms with E-state index in [0.717, 1.165) is 28.3 Å². The maximum Gasteiger partial charge on any atom is 0.307 e. The Bertz CT molecular complexity index is 930. The first-order valence-corrected chi connectivity index (χ1v) is 8.48. The highest BCUT2D eigenvalue weighted by atomic mass is 16.5. The molecule has 0 aliphatic heterocycles. The molecule has 27 heavy (non-hydrogen) atoms. The van der Waals surface area contributed by atoms with E-state index in [1.54, 1.807) is 12.1 Å². The Labute approximate surface area is 157 Å². The molecule has 3 rings (SSSR count). The lowest BCUT2D eigenvalue weighted by Gasteiger charge is -2.06. The number of aromatic nitrogens is 2. The number of amidine groups is 1. The number of esters is 1. The number of anilines is 1. The largest absolute Gasteiger partial charge is 0.469 e. The molecule has 7 heteroatoms. The number of nitrogens with two attached hydrogens (primary N) is 1. The third-order valence-electron chi connectivity index (χ3n) is 4.11. The van der Waals surface area contributed by atoms with Crippen molar-refractivity contribution >= 4 is 17.5 Å². The Morgan fingerprint density at radius 1 is 1.15 bits per heavy atom. The first kappa shape index (κ1) is 18.2. The number of hydrogen-bond acceptors (Lipinski definition) is 5. The number of nitrogens with zero attached hydrogens (tertiary/aromatic N) is 1. The van der Waals surface area contributed by atoms with Crippen LogP contribution in [0.3, 0.4) is 0 Å². The number of H-pyrrole nitrogens is 1. The molecule has 138 valence electrons. The van der Waals surface area contributed by atoms with E-state index in [9.17, 15) is 4.79 Å². The van der Waals surface area contributed by atoms with E-state index in [0.29, 0.717) is 18.5 Å². The van der Waals surface area contributed by atoms with Crippen molar-refractivity contribution in [2.45, 2.75) is 6.42 Å². The van der Waals surface area contributed by atoms with Gasteiger partial charge in [-0.05, 0) is 24.3 Å². The van der Waals surface area contributed by atoms with Crippen molar-refractivity contribution in [3.63, 3.8) is 0 Å². The van der Waals surface area contributed by atoms with Crippen LogP contribution in [0, 0.1) is 5.41 Å². The lowest BCUT2D eigenvalue weighted by molar-refractivity contribution is -0.140. The number of carbonyl (C=O) groups is 1. The summed E-state index contributed by atoms with van der Waals surface area (Å²) in [5, 5.41) is 10.6. The van der Waals surface area contributed by atoms with Gasteiger partial charge in [-0.3, -0.25) is 10.2 Å². The molecule has 1 aromatic heterocycles. The average Bonchev–Trinajstić information content (AvgIpc) is 3.18. The lowest BCUT2D eigenvalue weighted by Crippen LogP contribution is -2.10. The predicted molar refractivity (Wildman–Crippen MR) is 106 cm³/mol. The number of nitrogen functional groups attached to an aromatic ring is 1. The number of nitrogens with one attached hydrogen (secondary N) is 3. The maximum atomic E-state index is 11.1. The third kappa shape index (κ3) is 4.52. The van der Waals surface area contributed by atoms with Crippen LogP contribution in [0.25, 0.3) is 22.6 Å². The van der Waals surface area contributed by atoms with Crippen molar-refractivity contribution in [2.75, 3.05) is 19.0 Å². The second-order valence-electron chi connectivity index (χ2n) is 5.96. The molecule has 5 N–H and O–H groups in total. The molecular formula is C20H21N5O2. The molecule has 0 fully saturated rings. The minimum absolute atomic E-state index is 0.0459. The Kier molecular flexibility index (Phi) is 5.51. The van der Waals surface area contributed by atoms with Crippen molar-refractivity contribution in [1.29, 1.82) is 5.41 Å². The smallest absolute Gasteiger partial charge is 0.307 e. The summed E-state index contributed by atoms with van der Waals surface area (Å²) in [6, 6.07) is 15.2. The highest BCUT2D eigenvalue weighted by Gasteiger charge is 2.07. The predicted octanol–water partition coefficient (Wildman–Crippen LogP) is 3.00. The van der Waals surface area contributed by atoms with E-state index in [1.807, 2.05) is 42.6 Å². The molecule has 0 radical (unpaired) electrons. The first-order valence-electron chi connectivity index (χ1n) is 8.48. The van der Waals surface area contributed by atoms with Crippen LogP contribution >= 0.6 is 0 Å². The van der Waals surface area contributed by atoms with E-state index in [1.165, 1.54) is 7.11 Å². The fourth-order valence-corrected chi connectivity index (χ4v) is 2.59. The molecule has 0 aliphatic carbocycles. The molecule has 0 bridgehead atoms. The Hall–Kier alpha value is -3.61. The molecule has 7 nitrogen and oxygen atoms in total. The number of methoxy groups -OCH3 is 1. The van der Waals surface area contributed by atoms with Crippen LogP contribution in [0.1, 0.15) is 12.0 Å². The van der Waals surface area contributed by atoms with Crippen molar-refractivity contribution in [1.82, 2.24) is 9.97 Å². The molecule has 0 amide bonds. The lowest BCUT2D eigenvalue weighted by atomic mass is 10.1. The zero-order valence-corrected chi connectivity index (χ0v) is 15.0.